The lowest BCUT2D eigenvalue weighted by molar-refractivity contribution is -0.620. The molecule has 5 heterocycles. The van der Waals surface area contributed by atoms with E-state index in [2.05, 4.69) is 23.1 Å². The fourth-order valence-electron chi connectivity index (χ4n) is 2.86. The predicted molar refractivity (Wildman–Crippen MR) is 49.9 cm³/mol. The molecule has 0 radical (unpaired) electrons. The van der Waals surface area contributed by atoms with Gasteiger partial charge >= 0.3 is 33.2 Å². The lowest BCUT2D eigenvalue weighted by Gasteiger charge is -2.56. The fraction of sp³-hybridized carbons (Fsp3) is 1.00. The molecule has 0 aromatic rings. The maximum Gasteiger partial charge on any atom is 0.509 e. The van der Waals surface area contributed by atoms with E-state index >= 15 is 0 Å². The summed E-state index contributed by atoms with van der Waals surface area (Å²) in [7, 11) is -8.97. The second-order valence-corrected chi connectivity index (χ2v) is 7.89. The predicted octanol–water partition coefficient (Wildman–Crippen LogP) is -1.25. The molecule has 0 aromatic heterocycles. The number of fused-ring (bicyclic) bond motifs is 2. The zero-order valence-corrected chi connectivity index (χ0v) is 11.6. The third kappa shape index (κ3) is 1.04. The van der Waals surface area contributed by atoms with E-state index in [1.165, 1.54) is 0 Å². The van der Waals surface area contributed by atoms with Crippen molar-refractivity contribution in [2.24, 2.45) is 0 Å². The standard InChI is InChI=1S/C6H6O13P2/c1-2-3(7)4(8,16-20(10,14-2)15-3)5-6(9,12-2)18-21(11,17-5)19-13-5/h7-9H,1H3/t2-,3+,4+,5-,6?,20?,21?/m0/s1. The smallest absolute Gasteiger partial charge is 0.357 e. The van der Waals surface area contributed by atoms with Crippen molar-refractivity contribution in [2.45, 2.75) is 36.0 Å². The van der Waals surface area contributed by atoms with E-state index in [4.69, 9.17) is 13.8 Å². The highest BCUT2D eigenvalue weighted by Gasteiger charge is 3.01. The quantitative estimate of drug-likeness (QED) is 0.351. The molecule has 21 heavy (non-hydrogen) atoms. The number of aliphatic hydroxyl groups is 3. The van der Waals surface area contributed by atoms with E-state index in [-0.39, 0.29) is 0 Å². The first-order chi connectivity index (χ1) is 9.45. The van der Waals surface area contributed by atoms with Gasteiger partial charge in [0, 0.05) is 0 Å². The molecule has 5 aliphatic heterocycles. The number of rotatable bonds is 0. The molecule has 118 valence electrons. The van der Waals surface area contributed by atoms with Crippen LogP contribution in [0.4, 0.5) is 0 Å². The second kappa shape index (κ2) is 2.89. The van der Waals surface area contributed by atoms with E-state index in [9.17, 15) is 24.4 Å². The average molecular weight is 348 g/mol. The third-order valence-electron chi connectivity index (χ3n) is 3.77. The van der Waals surface area contributed by atoms with Crippen LogP contribution in [-0.2, 0) is 46.0 Å². The number of hydrogen-bond donors (Lipinski definition) is 3. The van der Waals surface area contributed by atoms with Crippen molar-refractivity contribution in [1.29, 1.82) is 0 Å². The lowest BCUT2D eigenvalue weighted by Crippen LogP contribution is -2.86. The summed E-state index contributed by atoms with van der Waals surface area (Å²) in [5, 5.41) is 31.4. The van der Waals surface area contributed by atoms with E-state index in [1.54, 1.807) is 0 Å². The molecule has 5 aliphatic rings. The van der Waals surface area contributed by atoms with Crippen molar-refractivity contribution in [3.8, 4) is 0 Å². The Kier molecular flexibility index (Phi) is 1.86. The molecule has 3 N–H and O–H groups in total. The zero-order chi connectivity index (χ0) is 15.2. The molecule has 1 spiro atoms. The van der Waals surface area contributed by atoms with Gasteiger partial charge in [0.25, 0.3) is 5.79 Å². The second-order valence-electron chi connectivity index (χ2n) is 5.04. The van der Waals surface area contributed by atoms with Crippen LogP contribution in [0.15, 0.2) is 0 Å². The summed E-state index contributed by atoms with van der Waals surface area (Å²) in [5.41, 5.74) is 0. The molecular weight excluding hydrogens is 342 g/mol. The van der Waals surface area contributed by atoms with E-state index < -0.39 is 44.8 Å². The summed E-state index contributed by atoms with van der Waals surface area (Å²) in [6.07, 6.45) is 0. The normalized spacial score (nSPS) is 73.9. The number of phosphoric acid groups is 2. The van der Waals surface area contributed by atoms with Crippen molar-refractivity contribution < 1.29 is 61.4 Å². The molecule has 0 aliphatic carbocycles. The molecular formula is C6H6O13P2. The van der Waals surface area contributed by atoms with Crippen molar-refractivity contribution in [3.63, 3.8) is 0 Å². The molecule has 5 fully saturated rings. The van der Waals surface area contributed by atoms with Crippen LogP contribution in [0, 0.1) is 0 Å². The average Bonchev–Trinajstić information content (AvgIpc) is 2.86. The van der Waals surface area contributed by atoms with Gasteiger partial charge in [0.05, 0.1) is 0 Å². The summed E-state index contributed by atoms with van der Waals surface area (Å²) in [6, 6.07) is 0. The van der Waals surface area contributed by atoms with Gasteiger partial charge in [0.2, 0.25) is 5.79 Å². The summed E-state index contributed by atoms with van der Waals surface area (Å²) in [5.74, 6) is -14.6. The van der Waals surface area contributed by atoms with E-state index in [0.29, 0.717) is 0 Å². The molecule has 0 amide bonds. The molecule has 5 rings (SSSR count). The number of phosphoric ester groups is 2. The molecule has 0 saturated carbocycles. The Morgan fingerprint density at radius 2 is 1.52 bits per heavy atom. The Balaban J connectivity index is 1.83. The van der Waals surface area contributed by atoms with E-state index in [1.807, 2.05) is 0 Å². The maximum atomic E-state index is 12.1. The summed E-state index contributed by atoms with van der Waals surface area (Å²) < 4.78 is 56.6. The minimum absolute atomic E-state index is 0.969. The molecule has 15 heteroatoms. The molecule has 13 nitrogen and oxygen atoms in total. The van der Waals surface area contributed by atoms with Gasteiger partial charge in [-0.2, -0.15) is 4.89 Å². The Hall–Kier alpha value is 0.0200. The first kappa shape index (κ1) is 13.5. The van der Waals surface area contributed by atoms with Crippen molar-refractivity contribution in [2.75, 3.05) is 0 Å². The minimum Gasteiger partial charge on any atom is -0.357 e. The van der Waals surface area contributed by atoms with Crippen LogP contribution in [0.5, 0.6) is 0 Å². The van der Waals surface area contributed by atoms with Crippen LogP contribution in [0.3, 0.4) is 0 Å². The fourth-order valence-corrected chi connectivity index (χ4v) is 6.08. The van der Waals surface area contributed by atoms with Crippen molar-refractivity contribution >= 4 is 15.6 Å². The summed E-state index contributed by atoms with van der Waals surface area (Å²) >= 11 is 0. The molecule has 3 unspecified atom stereocenters. The van der Waals surface area contributed by atoms with Gasteiger partial charge in [-0.05, 0) is 6.92 Å². The summed E-state index contributed by atoms with van der Waals surface area (Å²) in [4.78, 5) is 4.51. The van der Waals surface area contributed by atoms with Crippen LogP contribution in [0.1, 0.15) is 6.92 Å². The largest absolute Gasteiger partial charge is 0.509 e. The summed E-state index contributed by atoms with van der Waals surface area (Å²) in [6.45, 7) is 0.969. The van der Waals surface area contributed by atoms with E-state index in [0.717, 1.165) is 6.92 Å². The Morgan fingerprint density at radius 3 is 2.14 bits per heavy atom. The van der Waals surface area contributed by atoms with Crippen molar-refractivity contribution in [1.82, 2.24) is 0 Å². The maximum absolute atomic E-state index is 12.1. The first-order valence-corrected chi connectivity index (χ1v) is 8.35. The van der Waals surface area contributed by atoms with Gasteiger partial charge < -0.3 is 15.3 Å². The Morgan fingerprint density at radius 1 is 0.857 bits per heavy atom. The molecule has 4 bridgehead atoms. The third-order valence-corrected chi connectivity index (χ3v) is 6.52. The van der Waals surface area contributed by atoms with Crippen LogP contribution < -0.4 is 0 Å². The highest BCUT2D eigenvalue weighted by Crippen LogP contribution is 2.85. The molecule has 5 saturated heterocycles. The highest BCUT2D eigenvalue weighted by atomic mass is 31.2. The van der Waals surface area contributed by atoms with Gasteiger partial charge in [-0.15, -0.1) is 4.67 Å². The Labute approximate surface area is 114 Å². The Bertz CT molecular complexity index is 694. The zero-order valence-electron chi connectivity index (χ0n) is 9.82. The SMILES string of the molecule is C[C@]12OC3(O)OP4(=O)OO[C@]3(O4)[C@]3(O)OP(=O)(O1)O[C@]23O. The van der Waals surface area contributed by atoms with Gasteiger partial charge in [-0.3, -0.25) is 4.74 Å². The molecule has 7 atom stereocenters. The monoisotopic (exact) mass is 348 g/mol. The van der Waals surface area contributed by atoms with Gasteiger partial charge in [-0.25, -0.2) is 31.7 Å². The van der Waals surface area contributed by atoms with Crippen LogP contribution >= 0.6 is 15.6 Å². The van der Waals surface area contributed by atoms with Gasteiger partial charge in [0.1, 0.15) is 0 Å². The molecule has 0 aromatic carbocycles. The minimum atomic E-state index is -4.49. The van der Waals surface area contributed by atoms with Gasteiger partial charge in [0.15, 0.2) is 0 Å². The van der Waals surface area contributed by atoms with Crippen LogP contribution in [-0.4, -0.2) is 44.4 Å². The topological polar surface area (TPSA) is 169 Å². The van der Waals surface area contributed by atoms with Crippen LogP contribution in [0.2, 0.25) is 0 Å². The number of ether oxygens (including phenoxy) is 1. The van der Waals surface area contributed by atoms with Crippen LogP contribution in [0.25, 0.3) is 0 Å². The first-order valence-electron chi connectivity index (χ1n) is 5.43. The highest BCUT2D eigenvalue weighted by molar-refractivity contribution is 7.49. The van der Waals surface area contributed by atoms with Crippen molar-refractivity contribution in [3.05, 3.63) is 0 Å². The van der Waals surface area contributed by atoms with Gasteiger partial charge in [-0.1, -0.05) is 0 Å². The number of hydrogen-bond acceptors (Lipinski definition) is 13. The lowest BCUT2D eigenvalue weighted by atomic mass is 9.85.